The molecule has 0 radical (unpaired) electrons. The summed E-state index contributed by atoms with van der Waals surface area (Å²) in [6, 6.07) is 10.5. The summed E-state index contributed by atoms with van der Waals surface area (Å²) in [4.78, 5) is 12.1. The van der Waals surface area contributed by atoms with Crippen LogP contribution in [0.4, 0.5) is 0 Å². The van der Waals surface area contributed by atoms with Gasteiger partial charge in [0.2, 0.25) is 5.91 Å². The van der Waals surface area contributed by atoms with Crippen molar-refractivity contribution >= 4 is 5.91 Å². The van der Waals surface area contributed by atoms with Crippen molar-refractivity contribution in [1.29, 1.82) is 0 Å². The summed E-state index contributed by atoms with van der Waals surface area (Å²) in [6.45, 7) is 3.86. The van der Waals surface area contributed by atoms with Gasteiger partial charge in [0.15, 0.2) is 0 Å². The maximum Gasteiger partial charge on any atom is 0.227 e. The molecule has 2 atom stereocenters. The highest BCUT2D eigenvalue weighted by Gasteiger charge is 2.16. The predicted molar refractivity (Wildman–Crippen MR) is 78.1 cm³/mol. The Morgan fingerprint density at radius 3 is 2.84 bits per heavy atom. The van der Waals surface area contributed by atoms with Gasteiger partial charge in [0.1, 0.15) is 0 Å². The standard InChI is InChI=1S/C16H24N2O/c1-13(14-7-3-2-4-8-14)16(19)18-12-10-15-9-5-6-11-17-15/h2-4,7-8,13,15,17H,5-6,9-12H2,1H3,(H,18,19). The highest BCUT2D eigenvalue weighted by Crippen LogP contribution is 2.14. The Labute approximate surface area is 115 Å². The Hall–Kier alpha value is -1.35. The predicted octanol–water partition coefficient (Wildman–Crippen LogP) is 2.44. The van der Waals surface area contributed by atoms with E-state index in [1.807, 2.05) is 37.3 Å². The summed E-state index contributed by atoms with van der Waals surface area (Å²) in [5, 5.41) is 6.55. The second-order valence-electron chi connectivity index (χ2n) is 5.36. The SMILES string of the molecule is CC(C(=O)NCCC1CCCCN1)c1ccccc1. The van der Waals surface area contributed by atoms with Crippen LogP contribution in [0.2, 0.25) is 0 Å². The zero-order valence-electron chi connectivity index (χ0n) is 11.7. The van der Waals surface area contributed by atoms with Gasteiger partial charge in [0.25, 0.3) is 0 Å². The molecule has 1 saturated heterocycles. The highest BCUT2D eigenvalue weighted by molar-refractivity contribution is 5.83. The minimum atomic E-state index is -0.0690. The van der Waals surface area contributed by atoms with Crippen molar-refractivity contribution in [3.05, 3.63) is 35.9 Å². The highest BCUT2D eigenvalue weighted by atomic mass is 16.1. The molecule has 1 amide bonds. The Kier molecular flexibility index (Phi) is 5.40. The van der Waals surface area contributed by atoms with Crippen molar-refractivity contribution in [1.82, 2.24) is 10.6 Å². The van der Waals surface area contributed by atoms with Gasteiger partial charge >= 0.3 is 0 Å². The molecule has 3 nitrogen and oxygen atoms in total. The van der Waals surface area contributed by atoms with Crippen LogP contribution in [-0.4, -0.2) is 25.0 Å². The van der Waals surface area contributed by atoms with Gasteiger partial charge in [-0.25, -0.2) is 0 Å². The molecule has 0 saturated carbocycles. The van der Waals surface area contributed by atoms with E-state index in [1.54, 1.807) is 0 Å². The molecule has 0 bridgehead atoms. The van der Waals surface area contributed by atoms with Gasteiger partial charge in [-0.15, -0.1) is 0 Å². The molecule has 2 rings (SSSR count). The fourth-order valence-corrected chi connectivity index (χ4v) is 2.59. The van der Waals surface area contributed by atoms with E-state index in [9.17, 15) is 4.79 Å². The number of benzene rings is 1. The second-order valence-corrected chi connectivity index (χ2v) is 5.36. The van der Waals surface area contributed by atoms with Crippen LogP contribution in [-0.2, 0) is 4.79 Å². The van der Waals surface area contributed by atoms with E-state index in [4.69, 9.17) is 0 Å². The minimum Gasteiger partial charge on any atom is -0.356 e. The summed E-state index contributed by atoms with van der Waals surface area (Å²) in [7, 11) is 0. The number of rotatable bonds is 5. The summed E-state index contributed by atoms with van der Waals surface area (Å²) in [5.41, 5.74) is 1.08. The zero-order valence-corrected chi connectivity index (χ0v) is 11.7. The zero-order chi connectivity index (χ0) is 13.5. The second kappa shape index (κ2) is 7.29. The summed E-state index contributed by atoms with van der Waals surface area (Å²) in [6.07, 6.45) is 4.87. The van der Waals surface area contributed by atoms with Crippen LogP contribution in [0.15, 0.2) is 30.3 Å². The Morgan fingerprint density at radius 1 is 1.37 bits per heavy atom. The van der Waals surface area contributed by atoms with Crippen LogP contribution in [0.1, 0.15) is 44.1 Å². The van der Waals surface area contributed by atoms with Crippen LogP contribution in [0.25, 0.3) is 0 Å². The number of carbonyl (C=O) groups excluding carboxylic acids is 1. The maximum absolute atomic E-state index is 12.1. The van der Waals surface area contributed by atoms with Crippen LogP contribution < -0.4 is 10.6 Å². The van der Waals surface area contributed by atoms with E-state index < -0.39 is 0 Å². The lowest BCUT2D eigenvalue weighted by Crippen LogP contribution is -2.38. The largest absolute Gasteiger partial charge is 0.356 e. The maximum atomic E-state index is 12.1. The van der Waals surface area contributed by atoms with Gasteiger partial charge in [-0.2, -0.15) is 0 Å². The molecular weight excluding hydrogens is 236 g/mol. The fourth-order valence-electron chi connectivity index (χ4n) is 2.59. The normalized spacial score (nSPS) is 20.8. The van der Waals surface area contributed by atoms with Gasteiger partial charge in [-0.1, -0.05) is 36.8 Å². The molecule has 104 valence electrons. The van der Waals surface area contributed by atoms with E-state index in [-0.39, 0.29) is 11.8 Å². The summed E-state index contributed by atoms with van der Waals surface area (Å²) >= 11 is 0. The number of nitrogens with one attached hydrogen (secondary N) is 2. The van der Waals surface area contributed by atoms with Crippen LogP contribution in [0, 0.1) is 0 Å². The van der Waals surface area contributed by atoms with E-state index in [1.165, 1.54) is 19.3 Å². The first-order chi connectivity index (χ1) is 9.27. The molecule has 2 N–H and O–H groups in total. The Morgan fingerprint density at radius 2 is 2.16 bits per heavy atom. The third-order valence-corrected chi connectivity index (χ3v) is 3.90. The van der Waals surface area contributed by atoms with Crippen molar-refractivity contribution < 1.29 is 4.79 Å². The third kappa shape index (κ3) is 4.35. The lowest BCUT2D eigenvalue weighted by Gasteiger charge is -2.23. The molecule has 1 aromatic rings. The van der Waals surface area contributed by atoms with E-state index in [0.717, 1.165) is 25.1 Å². The first-order valence-corrected chi connectivity index (χ1v) is 7.33. The third-order valence-electron chi connectivity index (χ3n) is 3.90. The molecule has 0 aromatic heterocycles. The topological polar surface area (TPSA) is 41.1 Å². The first-order valence-electron chi connectivity index (χ1n) is 7.33. The van der Waals surface area contributed by atoms with Crippen molar-refractivity contribution in [3.63, 3.8) is 0 Å². The molecule has 0 spiro atoms. The van der Waals surface area contributed by atoms with Crippen LogP contribution >= 0.6 is 0 Å². The minimum absolute atomic E-state index is 0.0690. The average molecular weight is 260 g/mol. The number of amides is 1. The lowest BCUT2D eigenvalue weighted by atomic mass is 10.00. The molecule has 1 aliphatic rings. The van der Waals surface area contributed by atoms with Gasteiger partial charge < -0.3 is 10.6 Å². The van der Waals surface area contributed by atoms with Crippen molar-refractivity contribution in [2.24, 2.45) is 0 Å². The number of hydrogen-bond donors (Lipinski definition) is 2. The van der Waals surface area contributed by atoms with Gasteiger partial charge in [0, 0.05) is 12.6 Å². The molecule has 1 aliphatic heterocycles. The van der Waals surface area contributed by atoms with Crippen molar-refractivity contribution in [3.8, 4) is 0 Å². The quantitative estimate of drug-likeness (QED) is 0.854. The van der Waals surface area contributed by atoms with Crippen molar-refractivity contribution in [2.45, 2.75) is 44.6 Å². The summed E-state index contributed by atoms with van der Waals surface area (Å²) < 4.78 is 0. The summed E-state index contributed by atoms with van der Waals surface area (Å²) in [5.74, 6) is 0.0579. The molecular formula is C16H24N2O. The van der Waals surface area contributed by atoms with Gasteiger partial charge in [-0.3, -0.25) is 4.79 Å². The molecule has 0 aliphatic carbocycles. The fraction of sp³-hybridized carbons (Fsp3) is 0.562. The van der Waals surface area contributed by atoms with Crippen LogP contribution in [0.3, 0.4) is 0 Å². The van der Waals surface area contributed by atoms with E-state index >= 15 is 0 Å². The van der Waals surface area contributed by atoms with E-state index in [2.05, 4.69) is 10.6 Å². The monoisotopic (exact) mass is 260 g/mol. The first kappa shape index (κ1) is 14.1. The number of hydrogen-bond acceptors (Lipinski definition) is 2. The van der Waals surface area contributed by atoms with Crippen LogP contribution in [0.5, 0.6) is 0 Å². The molecule has 1 heterocycles. The molecule has 3 heteroatoms. The van der Waals surface area contributed by atoms with Crippen molar-refractivity contribution in [2.75, 3.05) is 13.1 Å². The molecule has 1 fully saturated rings. The molecule has 2 unspecified atom stereocenters. The molecule has 19 heavy (non-hydrogen) atoms. The number of carbonyl (C=O) groups is 1. The average Bonchev–Trinajstić information content (AvgIpc) is 2.48. The van der Waals surface area contributed by atoms with Gasteiger partial charge in [-0.05, 0) is 38.3 Å². The Bertz CT molecular complexity index is 385. The number of piperidine rings is 1. The smallest absolute Gasteiger partial charge is 0.227 e. The lowest BCUT2D eigenvalue weighted by molar-refractivity contribution is -0.122. The molecule has 1 aromatic carbocycles. The Balaban J connectivity index is 1.72. The van der Waals surface area contributed by atoms with Gasteiger partial charge in [0.05, 0.1) is 5.92 Å². The van der Waals surface area contributed by atoms with E-state index in [0.29, 0.717) is 6.04 Å².